The molecule has 1 aromatic heterocycles. The molecule has 1 aliphatic heterocycles. The van der Waals surface area contributed by atoms with Crippen LogP contribution in [0, 0.1) is 5.82 Å². The van der Waals surface area contributed by atoms with Crippen LogP contribution in [0.15, 0.2) is 72.9 Å². The number of aromatic nitrogens is 1. The highest BCUT2D eigenvalue weighted by atomic mass is 19.1. The first-order chi connectivity index (χ1) is 20.5. The number of carbonyl (C=O) groups excluding carboxylic acids is 1. The lowest BCUT2D eigenvalue weighted by molar-refractivity contribution is 0.0357. The van der Waals surface area contributed by atoms with Gasteiger partial charge in [-0.15, -0.1) is 0 Å². The molecule has 2 amide bonds. The number of nitrogens with one attached hydrogen (secondary N) is 2. The summed E-state index contributed by atoms with van der Waals surface area (Å²) in [7, 11) is 1.61. The maximum absolute atomic E-state index is 13.2. The third kappa shape index (κ3) is 7.65. The Morgan fingerprint density at radius 1 is 1.02 bits per heavy atom. The van der Waals surface area contributed by atoms with E-state index in [1.807, 2.05) is 19.1 Å². The van der Waals surface area contributed by atoms with Gasteiger partial charge in [0, 0.05) is 43.0 Å². The standard InChI is InChI=1S/C32H35FN4O5/c1-22(23-4-6-24(33)7-5-23)35-32(38)36-25-8-10-26(11-9-25)42-29-12-13-34-28-21-31(30(39-2)20-27(28)29)41-17-3-14-37-15-18-40-19-16-37/h4-13,20-22H,3,14-19H2,1-2H3,(H2,35,36,38). The molecule has 2 N–H and O–H groups in total. The van der Waals surface area contributed by atoms with Gasteiger partial charge in [-0.1, -0.05) is 12.1 Å². The number of halogens is 1. The van der Waals surface area contributed by atoms with E-state index in [0.29, 0.717) is 35.3 Å². The molecule has 1 atom stereocenters. The van der Waals surface area contributed by atoms with Crippen LogP contribution in [0.1, 0.15) is 24.9 Å². The number of ether oxygens (including phenoxy) is 4. The van der Waals surface area contributed by atoms with Crippen molar-refractivity contribution in [2.45, 2.75) is 19.4 Å². The molecule has 42 heavy (non-hydrogen) atoms. The van der Waals surface area contributed by atoms with Crippen molar-refractivity contribution in [3.05, 3.63) is 84.3 Å². The highest BCUT2D eigenvalue weighted by molar-refractivity contribution is 5.90. The van der Waals surface area contributed by atoms with E-state index < -0.39 is 0 Å². The fourth-order valence-electron chi connectivity index (χ4n) is 4.72. The second-order valence-corrected chi connectivity index (χ2v) is 9.98. The summed E-state index contributed by atoms with van der Waals surface area (Å²) in [6.45, 7) is 6.85. The number of benzene rings is 3. The minimum Gasteiger partial charge on any atom is -0.493 e. The average molecular weight is 575 g/mol. The second kappa shape index (κ2) is 14.0. The molecule has 9 nitrogen and oxygen atoms in total. The molecule has 0 bridgehead atoms. The Bertz CT molecular complexity index is 1480. The lowest BCUT2D eigenvalue weighted by Gasteiger charge is -2.26. The topological polar surface area (TPSA) is 94.2 Å². The number of methoxy groups -OCH3 is 1. The largest absolute Gasteiger partial charge is 0.493 e. The molecule has 1 aliphatic rings. The third-order valence-electron chi connectivity index (χ3n) is 7.02. The molecular weight excluding hydrogens is 539 g/mol. The van der Waals surface area contributed by atoms with E-state index in [9.17, 15) is 9.18 Å². The summed E-state index contributed by atoms with van der Waals surface area (Å²) in [5.41, 5.74) is 2.13. The van der Waals surface area contributed by atoms with Crippen LogP contribution < -0.4 is 24.8 Å². The van der Waals surface area contributed by atoms with Crippen LogP contribution in [0.2, 0.25) is 0 Å². The first-order valence-electron chi connectivity index (χ1n) is 14.0. The smallest absolute Gasteiger partial charge is 0.319 e. The highest BCUT2D eigenvalue weighted by Crippen LogP contribution is 2.37. The minimum absolute atomic E-state index is 0.286. The third-order valence-corrected chi connectivity index (χ3v) is 7.02. The summed E-state index contributed by atoms with van der Waals surface area (Å²) < 4.78 is 36.4. The Kier molecular flexibility index (Phi) is 9.68. The van der Waals surface area contributed by atoms with Crippen molar-refractivity contribution in [3.8, 4) is 23.0 Å². The molecule has 4 aromatic rings. The molecule has 1 unspecified atom stereocenters. The average Bonchev–Trinajstić information content (AvgIpc) is 3.01. The summed E-state index contributed by atoms with van der Waals surface area (Å²) in [6, 6.07) is 18.0. The van der Waals surface area contributed by atoms with Crippen molar-refractivity contribution in [2.75, 3.05) is 51.9 Å². The number of rotatable bonds is 11. The van der Waals surface area contributed by atoms with Gasteiger partial charge in [0.25, 0.3) is 0 Å². The molecule has 5 rings (SSSR count). The van der Waals surface area contributed by atoms with Crippen LogP contribution in [0.25, 0.3) is 10.9 Å². The zero-order chi connectivity index (χ0) is 29.3. The van der Waals surface area contributed by atoms with E-state index in [1.54, 1.807) is 55.8 Å². The molecule has 1 fully saturated rings. The Labute approximate surface area is 244 Å². The second-order valence-electron chi connectivity index (χ2n) is 9.98. The number of urea groups is 1. The highest BCUT2D eigenvalue weighted by Gasteiger charge is 2.14. The van der Waals surface area contributed by atoms with E-state index >= 15 is 0 Å². The van der Waals surface area contributed by atoms with Crippen molar-refractivity contribution in [1.82, 2.24) is 15.2 Å². The Balaban J connectivity index is 1.19. The van der Waals surface area contributed by atoms with E-state index in [0.717, 1.165) is 55.7 Å². The number of pyridine rings is 1. The molecule has 0 saturated carbocycles. The van der Waals surface area contributed by atoms with Crippen molar-refractivity contribution >= 4 is 22.6 Å². The molecule has 3 aromatic carbocycles. The van der Waals surface area contributed by atoms with Crippen LogP contribution in [0.4, 0.5) is 14.9 Å². The van der Waals surface area contributed by atoms with Crippen LogP contribution in [-0.2, 0) is 4.74 Å². The van der Waals surface area contributed by atoms with Crippen LogP contribution in [0.3, 0.4) is 0 Å². The SMILES string of the molecule is COc1cc2c(Oc3ccc(NC(=O)NC(C)c4ccc(F)cc4)cc3)ccnc2cc1OCCCN1CCOCC1. The van der Waals surface area contributed by atoms with E-state index in [4.69, 9.17) is 18.9 Å². The molecular formula is C32H35FN4O5. The fourth-order valence-corrected chi connectivity index (χ4v) is 4.72. The van der Waals surface area contributed by atoms with Gasteiger partial charge in [0.05, 0.1) is 38.5 Å². The van der Waals surface area contributed by atoms with Crippen molar-refractivity contribution in [1.29, 1.82) is 0 Å². The van der Waals surface area contributed by atoms with Gasteiger partial charge in [-0.05, 0) is 67.4 Å². The zero-order valence-electron chi connectivity index (χ0n) is 23.8. The normalized spacial score (nSPS) is 14.3. The Morgan fingerprint density at radius 3 is 2.52 bits per heavy atom. The molecule has 10 heteroatoms. The van der Waals surface area contributed by atoms with E-state index in [1.165, 1.54) is 12.1 Å². The van der Waals surface area contributed by atoms with Crippen molar-refractivity contribution < 1.29 is 28.1 Å². The first-order valence-corrected chi connectivity index (χ1v) is 14.0. The van der Waals surface area contributed by atoms with Crippen LogP contribution >= 0.6 is 0 Å². The Morgan fingerprint density at radius 2 is 1.79 bits per heavy atom. The fraction of sp³-hybridized carbons (Fsp3) is 0.312. The van der Waals surface area contributed by atoms with Gasteiger partial charge >= 0.3 is 6.03 Å². The summed E-state index contributed by atoms with van der Waals surface area (Å²) >= 11 is 0. The van der Waals surface area contributed by atoms with Gasteiger partial charge in [0.2, 0.25) is 0 Å². The number of fused-ring (bicyclic) bond motifs is 1. The Hall–Kier alpha value is -4.41. The summed E-state index contributed by atoms with van der Waals surface area (Å²) in [5.74, 6) is 2.13. The molecule has 0 spiro atoms. The van der Waals surface area contributed by atoms with Gasteiger partial charge in [0.1, 0.15) is 17.3 Å². The lowest BCUT2D eigenvalue weighted by Crippen LogP contribution is -2.37. The number of hydrogen-bond donors (Lipinski definition) is 2. The predicted octanol–water partition coefficient (Wildman–Crippen LogP) is 6.16. The van der Waals surface area contributed by atoms with Crippen LogP contribution in [0.5, 0.6) is 23.0 Å². The number of anilines is 1. The van der Waals surface area contributed by atoms with Gasteiger partial charge in [-0.2, -0.15) is 0 Å². The number of carbonyl (C=O) groups is 1. The lowest BCUT2D eigenvalue weighted by atomic mass is 10.1. The van der Waals surface area contributed by atoms with Crippen molar-refractivity contribution in [3.63, 3.8) is 0 Å². The minimum atomic E-state index is -0.369. The number of amides is 2. The molecule has 0 radical (unpaired) electrons. The summed E-state index contributed by atoms with van der Waals surface area (Å²) in [5, 5.41) is 6.44. The maximum atomic E-state index is 13.2. The molecule has 0 aliphatic carbocycles. The number of hydrogen-bond acceptors (Lipinski definition) is 7. The predicted molar refractivity (Wildman–Crippen MR) is 159 cm³/mol. The number of morpholine rings is 1. The van der Waals surface area contributed by atoms with E-state index in [-0.39, 0.29) is 17.9 Å². The maximum Gasteiger partial charge on any atom is 0.319 e. The van der Waals surface area contributed by atoms with Gasteiger partial charge in [-0.25, -0.2) is 9.18 Å². The van der Waals surface area contributed by atoms with Crippen LogP contribution in [-0.4, -0.2) is 62.5 Å². The zero-order valence-corrected chi connectivity index (χ0v) is 23.8. The van der Waals surface area contributed by atoms with E-state index in [2.05, 4.69) is 20.5 Å². The summed E-state index contributed by atoms with van der Waals surface area (Å²) in [6.07, 6.45) is 2.59. The molecule has 2 heterocycles. The number of nitrogens with zero attached hydrogens (tertiary/aromatic N) is 2. The molecule has 1 saturated heterocycles. The van der Waals surface area contributed by atoms with Gasteiger partial charge in [0.15, 0.2) is 11.5 Å². The van der Waals surface area contributed by atoms with Gasteiger partial charge in [-0.3, -0.25) is 9.88 Å². The van der Waals surface area contributed by atoms with Crippen molar-refractivity contribution in [2.24, 2.45) is 0 Å². The summed E-state index contributed by atoms with van der Waals surface area (Å²) in [4.78, 5) is 19.4. The quantitative estimate of drug-likeness (QED) is 0.207. The monoisotopic (exact) mass is 574 g/mol. The molecule has 220 valence electrons. The first kappa shape index (κ1) is 29.1. The van der Waals surface area contributed by atoms with Gasteiger partial charge < -0.3 is 29.6 Å².